The Morgan fingerprint density at radius 3 is 2.44 bits per heavy atom. The number of benzene rings is 1. The molecule has 1 heterocycles. The van der Waals surface area contributed by atoms with Gasteiger partial charge in [0.05, 0.1) is 12.8 Å². The van der Waals surface area contributed by atoms with Gasteiger partial charge in [-0.15, -0.1) is 0 Å². The van der Waals surface area contributed by atoms with Gasteiger partial charge in [-0.3, -0.25) is 30.0 Å². The monoisotopic (exact) mass is 371 g/mol. The lowest BCUT2D eigenvalue weighted by Crippen LogP contribution is -2.48. The van der Waals surface area contributed by atoms with Crippen molar-refractivity contribution in [3.8, 4) is 0 Å². The molecule has 0 saturated carbocycles. The van der Waals surface area contributed by atoms with Crippen molar-refractivity contribution in [2.75, 3.05) is 0 Å². The second kappa shape index (κ2) is 9.33. The number of hydrogen-bond donors (Lipinski definition) is 3. The molecule has 142 valence electrons. The highest BCUT2D eigenvalue weighted by atomic mass is 16.3. The van der Waals surface area contributed by atoms with Crippen molar-refractivity contribution in [1.29, 1.82) is 0 Å². The average molecular weight is 371 g/mol. The molecule has 3 amide bonds. The molecule has 0 atom stereocenters. The summed E-state index contributed by atoms with van der Waals surface area (Å²) in [6.45, 7) is 3.77. The predicted octanol–water partition coefficient (Wildman–Crippen LogP) is 1.32. The van der Waals surface area contributed by atoms with Crippen LogP contribution in [-0.2, 0) is 20.9 Å². The van der Waals surface area contributed by atoms with Crippen LogP contribution in [0.5, 0.6) is 0 Å². The van der Waals surface area contributed by atoms with Crippen molar-refractivity contribution in [3.05, 3.63) is 59.0 Å². The third-order valence-corrected chi connectivity index (χ3v) is 3.80. The smallest absolute Gasteiger partial charge is 0.327 e. The summed E-state index contributed by atoms with van der Waals surface area (Å²) in [5, 5.41) is 2.34. The SMILES string of the molecule is Cc1ccc(C)c(C(=O)CCC(=O)NNC(=O)C(=O)NCc2ccco2)c1. The fourth-order valence-corrected chi connectivity index (χ4v) is 2.30. The van der Waals surface area contributed by atoms with Gasteiger partial charge in [0.2, 0.25) is 5.91 Å². The molecular weight excluding hydrogens is 350 g/mol. The van der Waals surface area contributed by atoms with Crippen molar-refractivity contribution in [3.63, 3.8) is 0 Å². The maximum absolute atomic E-state index is 12.2. The van der Waals surface area contributed by atoms with E-state index >= 15 is 0 Å². The molecule has 0 aliphatic carbocycles. The lowest BCUT2D eigenvalue weighted by atomic mass is 9.99. The molecule has 2 aromatic rings. The molecule has 0 saturated heterocycles. The van der Waals surface area contributed by atoms with Gasteiger partial charge in [0.1, 0.15) is 5.76 Å². The van der Waals surface area contributed by atoms with Gasteiger partial charge in [-0.1, -0.05) is 17.7 Å². The number of aryl methyl sites for hydroxylation is 2. The summed E-state index contributed by atoms with van der Waals surface area (Å²) in [6.07, 6.45) is 1.33. The topological polar surface area (TPSA) is 118 Å². The van der Waals surface area contributed by atoms with E-state index in [9.17, 15) is 19.2 Å². The van der Waals surface area contributed by atoms with Crippen molar-refractivity contribution in [2.24, 2.45) is 0 Å². The van der Waals surface area contributed by atoms with Crippen LogP contribution in [0.3, 0.4) is 0 Å². The molecule has 3 N–H and O–H groups in total. The highest BCUT2D eigenvalue weighted by Crippen LogP contribution is 2.13. The van der Waals surface area contributed by atoms with Crippen LogP contribution in [0.25, 0.3) is 0 Å². The van der Waals surface area contributed by atoms with E-state index in [-0.39, 0.29) is 25.2 Å². The number of ketones is 1. The molecule has 0 unspecified atom stereocenters. The van der Waals surface area contributed by atoms with Crippen LogP contribution in [0.1, 0.15) is 40.1 Å². The zero-order valence-electron chi connectivity index (χ0n) is 15.1. The highest BCUT2D eigenvalue weighted by Gasteiger charge is 2.16. The average Bonchev–Trinajstić information content (AvgIpc) is 3.17. The molecule has 0 aliphatic rings. The molecule has 2 rings (SSSR count). The standard InChI is InChI=1S/C19H21N3O5/c1-12-5-6-13(2)15(10-12)16(23)7-8-17(24)21-22-19(26)18(25)20-11-14-4-3-9-27-14/h3-6,9-10H,7-8,11H2,1-2H3,(H,20,25)(H,21,24)(H,22,26). The maximum Gasteiger partial charge on any atom is 0.327 e. The van der Waals surface area contributed by atoms with Gasteiger partial charge in [-0.2, -0.15) is 0 Å². The molecule has 0 bridgehead atoms. The Labute approximate surface area is 156 Å². The van der Waals surface area contributed by atoms with Crippen LogP contribution in [0.4, 0.5) is 0 Å². The summed E-state index contributed by atoms with van der Waals surface area (Å²) in [4.78, 5) is 47.2. The number of carbonyl (C=O) groups excluding carboxylic acids is 4. The van der Waals surface area contributed by atoms with Crippen LogP contribution in [0.15, 0.2) is 41.0 Å². The second-order valence-electron chi connectivity index (χ2n) is 6.01. The number of carbonyl (C=O) groups is 4. The van der Waals surface area contributed by atoms with Gasteiger partial charge < -0.3 is 9.73 Å². The van der Waals surface area contributed by atoms with Crippen molar-refractivity contribution < 1.29 is 23.6 Å². The fourth-order valence-electron chi connectivity index (χ4n) is 2.30. The van der Waals surface area contributed by atoms with Gasteiger partial charge >= 0.3 is 11.8 Å². The largest absolute Gasteiger partial charge is 0.467 e. The highest BCUT2D eigenvalue weighted by molar-refractivity contribution is 6.35. The Balaban J connectivity index is 1.72. The van der Waals surface area contributed by atoms with Crippen molar-refractivity contribution >= 4 is 23.5 Å². The second-order valence-corrected chi connectivity index (χ2v) is 6.01. The van der Waals surface area contributed by atoms with Gasteiger partial charge in [0, 0.05) is 18.4 Å². The number of hydrazine groups is 1. The quantitative estimate of drug-likeness (QED) is 0.402. The minimum Gasteiger partial charge on any atom is -0.467 e. The first-order valence-electron chi connectivity index (χ1n) is 8.36. The first-order chi connectivity index (χ1) is 12.9. The third-order valence-electron chi connectivity index (χ3n) is 3.80. The van der Waals surface area contributed by atoms with Crippen LogP contribution in [-0.4, -0.2) is 23.5 Å². The van der Waals surface area contributed by atoms with Crippen LogP contribution < -0.4 is 16.2 Å². The molecular formula is C19H21N3O5. The molecule has 1 aromatic heterocycles. The Kier molecular flexibility index (Phi) is 6.87. The van der Waals surface area contributed by atoms with Crippen LogP contribution in [0, 0.1) is 13.8 Å². The van der Waals surface area contributed by atoms with E-state index in [4.69, 9.17) is 4.42 Å². The van der Waals surface area contributed by atoms with Gasteiger partial charge in [-0.25, -0.2) is 0 Å². The maximum atomic E-state index is 12.2. The number of hydrogen-bond acceptors (Lipinski definition) is 5. The van der Waals surface area contributed by atoms with E-state index in [1.807, 2.05) is 31.4 Å². The summed E-state index contributed by atoms with van der Waals surface area (Å²) in [5.74, 6) is -2.17. The number of rotatable bonds is 6. The zero-order chi connectivity index (χ0) is 19.8. The van der Waals surface area contributed by atoms with E-state index < -0.39 is 17.7 Å². The van der Waals surface area contributed by atoms with E-state index in [0.29, 0.717) is 11.3 Å². The Morgan fingerprint density at radius 2 is 1.74 bits per heavy atom. The Morgan fingerprint density at radius 1 is 0.963 bits per heavy atom. The lowest BCUT2D eigenvalue weighted by molar-refractivity contribution is -0.141. The Hall–Kier alpha value is -3.42. The molecule has 0 spiro atoms. The number of Topliss-reactive ketones (excluding diaryl/α,β-unsaturated/α-hetero) is 1. The summed E-state index contributed by atoms with van der Waals surface area (Å²) in [7, 11) is 0. The summed E-state index contributed by atoms with van der Waals surface area (Å²) < 4.78 is 5.02. The molecule has 8 heteroatoms. The normalized spacial score (nSPS) is 10.1. The predicted molar refractivity (Wildman–Crippen MR) is 96.3 cm³/mol. The van der Waals surface area contributed by atoms with E-state index in [1.165, 1.54) is 6.26 Å². The third kappa shape index (κ3) is 6.10. The zero-order valence-corrected chi connectivity index (χ0v) is 15.1. The van der Waals surface area contributed by atoms with E-state index in [0.717, 1.165) is 11.1 Å². The minimum atomic E-state index is -1.02. The fraction of sp³-hybridized carbons (Fsp3) is 0.263. The van der Waals surface area contributed by atoms with Crippen molar-refractivity contribution in [2.45, 2.75) is 33.2 Å². The summed E-state index contributed by atoms with van der Waals surface area (Å²) in [6, 6.07) is 8.84. The molecule has 0 aliphatic heterocycles. The molecule has 27 heavy (non-hydrogen) atoms. The van der Waals surface area contributed by atoms with Gasteiger partial charge in [-0.05, 0) is 37.6 Å². The van der Waals surface area contributed by atoms with Crippen LogP contribution in [0.2, 0.25) is 0 Å². The minimum absolute atomic E-state index is 0.00329. The first-order valence-corrected chi connectivity index (χ1v) is 8.36. The van der Waals surface area contributed by atoms with E-state index in [1.54, 1.807) is 18.2 Å². The van der Waals surface area contributed by atoms with Gasteiger partial charge in [0.15, 0.2) is 5.78 Å². The Bertz CT molecular complexity index is 843. The lowest BCUT2D eigenvalue weighted by Gasteiger charge is -2.08. The van der Waals surface area contributed by atoms with Crippen LogP contribution >= 0.6 is 0 Å². The number of nitrogens with one attached hydrogen (secondary N) is 3. The number of furan rings is 1. The summed E-state index contributed by atoms with van der Waals surface area (Å²) in [5.41, 5.74) is 6.49. The molecule has 1 aromatic carbocycles. The molecule has 8 nitrogen and oxygen atoms in total. The van der Waals surface area contributed by atoms with Crippen molar-refractivity contribution in [1.82, 2.24) is 16.2 Å². The number of amides is 3. The summed E-state index contributed by atoms with van der Waals surface area (Å²) >= 11 is 0. The first kappa shape index (κ1) is 19.9. The molecule has 0 radical (unpaired) electrons. The van der Waals surface area contributed by atoms with E-state index in [2.05, 4.69) is 10.7 Å². The van der Waals surface area contributed by atoms with Gasteiger partial charge in [0.25, 0.3) is 0 Å². The molecule has 0 fully saturated rings.